The van der Waals surface area contributed by atoms with E-state index < -0.39 is 0 Å². The highest BCUT2D eigenvalue weighted by molar-refractivity contribution is 5.36. The first-order valence-corrected chi connectivity index (χ1v) is 9.70. The molecule has 4 aliphatic carbocycles. The fourth-order valence-corrected chi connectivity index (χ4v) is 6.74. The van der Waals surface area contributed by atoms with E-state index in [9.17, 15) is 5.11 Å². The summed E-state index contributed by atoms with van der Waals surface area (Å²) in [4.78, 5) is 0. The summed E-state index contributed by atoms with van der Waals surface area (Å²) >= 11 is 0. The van der Waals surface area contributed by atoms with Crippen LogP contribution >= 0.6 is 0 Å². The molecule has 2 fully saturated rings. The van der Waals surface area contributed by atoms with Crippen molar-refractivity contribution in [3.8, 4) is 0 Å². The Kier molecular flexibility index (Phi) is 3.68. The molecule has 4 rings (SSSR count). The van der Waals surface area contributed by atoms with Crippen LogP contribution in [0.5, 0.6) is 0 Å². The van der Waals surface area contributed by atoms with E-state index in [-0.39, 0.29) is 11.5 Å². The second-order valence-electron chi connectivity index (χ2n) is 8.97. The van der Waals surface area contributed by atoms with Crippen molar-refractivity contribution in [1.29, 1.82) is 0 Å². The van der Waals surface area contributed by atoms with Gasteiger partial charge in [-0.05, 0) is 79.3 Å². The molecular formula is C21H32O2. The maximum atomic E-state index is 11.1. The average molecular weight is 316 g/mol. The van der Waals surface area contributed by atoms with Gasteiger partial charge in [0.1, 0.15) is 0 Å². The molecule has 1 N–H and O–H groups in total. The van der Waals surface area contributed by atoms with Gasteiger partial charge in [0.2, 0.25) is 0 Å². The SMILES string of the molecule is CCOC1=CC2=CC[C@@H]3[C@H]([C@@H](O)C[C@]4(C)CCC[C@@H]34)[C@@]2(C)CC1. The minimum atomic E-state index is -0.130. The zero-order valence-corrected chi connectivity index (χ0v) is 15.0. The predicted octanol–water partition coefficient (Wildman–Crippen LogP) is 4.84. The topological polar surface area (TPSA) is 29.5 Å². The van der Waals surface area contributed by atoms with Crippen LogP contribution in [0.15, 0.2) is 23.5 Å². The minimum absolute atomic E-state index is 0.130. The molecule has 23 heavy (non-hydrogen) atoms. The Morgan fingerprint density at radius 1 is 1.30 bits per heavy atom. The fraction of sp³-hybridized carbons (Fsp3) is 0.810. The lowest BCUT2D eigenvalue weighted by molar-refractivity contribution is -0.107. The first kappa shape index (κ1) is 15.7. The lowest BCUT2D eigenvalue weighted by atomic mass is 9.48. The Balaban J connectivity index is 1.70. The number of ether oxygens (including phenoxy) is 1. The van der Waals surface area contributed by atoms with Crippen molar-refractivity contribution >= 4 is 0 Å². The van der Waals surface area contributed by atoms with Crippen LogP contribution in [-0.2, 0) is 4.74 Å². The molecule has 0 aliphatic heterocycles. The Bertz CT molecular complexity index is 548. The van der Waals surface area contributed by atoms with E-state index in [2.05, 4.69) is 32.9 Å². The van der Waals surface area contributed by atoms with Crippen molar-refractivity contribution in [2.75, 3.05) is 6.61 Å². The van der Waals surface area contributed by atoms with Gasteiger partial charge >= 0.3 is 0 Å². The van der Waals surface area contributed by atoms with E-state index in [1.165, 1.54) is 24.8 Å². The Hall–Kier alpha value is -0.760. The molecule has 128 valence electrons. The van der Waals surface area contributed by atoms with Gasteiger partial charge in [0.15, 0.2) is 0 Å². The Labute approximate surface area is 141 Å². The van der Waals surface area contributed by atoms with E-state index in [1.54, 1.807) is 0 Å². The van der Waals surface area contributed by atoms with E-state index >= 15 is 0 Å². The van der Waals surface area contributed by atoms with Crippen molar-refractivity contribution < 1.29 is 9.84 Å². The molecule has 2 saturated carbocycles. The number of rotatable bonds is 2. The van der Waals surface area contributed by atoms with Crippen molar-refractivity contribution in [3.05, 3.63) is 23.5 Å². The molecule has 4 aliphatic rings. The normalized spacial score (nSPS) is 48.7. The van der Waals surface area contributed by atoms with E-state index in [4.69, 9.17) is 4.74 Å². The van der Waals surface area contributed by atoms with Crippen LogP contribution in [0.2, 0.25) is 0 Å². The first-order valence-electron chi connectivity index (χ1n) is 9.70. The number of fused-ring (bicyclic) bond motifs is 5. The third-order valence-corrected chi connectivity index (χ3v) is 7.77. The molecule has 0 aromatic carbocycles. The predicted molar refractivity (Wildman–Crippen MR) is 92.8 cm³/mol. The molecule has 0 radical (unpaired) electrons. The van der Waals surface area contributed by atoms with Gasteiger partial charge in [0.25, 0.3) is 0 Å². The van der Waals surface area contributed by atoms with Gasteiger partial charge in [-0.1, -0.05) is 26.3 Å². The monoisotopic (exact) mass is 316 g/mol. The smallest absolute Gasteiger partial charge is 0.0962 e. The molecule has 0 amide bonds. The van der Waals surface area contributed by atoms with Crippen LogP contribution < -0.4 is 0 Å². The number of allylic oxidation sites excluding steroid dienone is 4. The number of aliphatic hydroxyl groups excluding tert-OH is 1. The summed E-state index contributed by atoms with van der Waals surface area (Å²) in [7, 11) is 0. The van der Waals surface area contributed by atoms with Crippen LogP contribution in [0, 0.1) is 28.6 Å². The van der Waals surface area contributed by atoms with E-state index in [0.29, 0.717) is 17.3 Å². The van der Waals surface area contributed by atoms with Crippen molar-refractivity contribution in [3.63, 3.8) is 0 Å². The quantitative estimate of drug-likeness (QED) is 0.790. The van der Waals surface area contributed by atoms with Crippen LogP contribution in [0.3, 0.4) is 0 Å². The summed E-state index contributed by atoms with van der Waals surface area (Å²) in [6, 6.07) is 0. The summed E-state index contributed by atoms with van der Waals surface area (Å²) in [6.07, 6.45) is 13.0. The molecule has 0 spiro atoms. The van der Waals surface area contributed by atoms with E-state index in [1.807, 2.05) is 0 Å². The largest absolute Gasteiger partial charge is 0.498 e. The van der Waals surface area contributed by atoms with Gasteiger partial charge in [0.05, 0.1) is 18.5 Å². The Morgan fingerprint density at radius 3 is 2.91 bits per heavy atom. The van der Waals surface area contributed by atoms with Crippen molar-refractivity contribution in [2.24, 2.45) is 28.6 Å². The third kappa shape index (κ3) is 2.24. The second kappa shape index (κ2) is 5.37. The summed E-state index contributed by atoms with van der Waals surface area (Å²) in [6.45, 7) is 7.67. The van der Waals surface area contributed by atoms with Crippen LogP contribution in [0.4, 0.5) is 0 Å². The molecule has 2 heteroatoms. The zero-order chi connectivity index (χ0) is 16.2. The van der Waals surface area contributed by atoms with Crippen LogP contribution in [-0.4, -0.2) is 17.8 Å². The fourth-order valence-electron chi connectivity index (χ4n) is 6.74. The third-order valence-electron chi connectivity index (χ3n) is 7.77. The van der Waals surface area contributed by atoms with E-state index in [0.717, 1.165) is 44.0 Å². The van der Waals surface area contributed by atoms with Crippen LogP contribution in [0.25, 0.3) is 0 Å². The van der Waals surface area contributed by atoms with Gasteiger partial charge in [-0.25, -0.2) is 0 Å². The summed E-state index contributed by atoms with van der Waals surface area (Å²) in [5.41, 5.74) is 1.98. The first-order chi connectivity index (χ1) is 11.0. The average Bonchev–Trinajstić information content (AvgIpc) is 2.88. The van der Waals surface area contributed by atoms with Gasteiger partial charge in [-0.3, -0.25) is 0 Å². The number of hydrogen-bond donors (Lipinski definition) is 1. The van der Waals surface area contributed by atoms with Gasteiger partial charge in [-0.2, -0.15) is 0 Å². The molecule has 0 heterocycles. The molecule has 6 atom stereocenters. The minimum Gasteiger partial charge on any atom is -0.498 e. The molecular weight excluding hydrogens is 284 g/mol. The summed E-state index contributed by atoms with van der Waals surface area (Å²) in [5.74, 6) is 3.09. The maximum absolute atomic E-state index is 11.1. The number of hydrogen-bond acceptors (Lipinski definition) is 2. The Morgan fingerprint density at radius 2 is 2.13 bits per heavy atom. The maximum Gasteiger partial charge on any atom is 0.0962 e. The lowest BCUT2D eigenvalue weighted by Crippen LogP contribution is -2.54. The number of aliphatic hydroxyl groups is 1. The lowest BCUT2D eigenvalue weighted by Gasteiger charge is -2.58. The highest BCUT2D eigenvalue weighted by Crippen LogP contribution is 2.64. The molecule has 0 aromatic heterocycles. The molecule has 0 unspecified atom stereocenters. The van der Waals surface area contributed by atoms with Crippen molar-refractivity contribution in [1.82, 2.24) is 0 Å². The molecule has 0 bridgehead atoms. The molecule has 0 saturated heterocycles. The van der Waals surface area contributed by atoms with Gasteiger partial charge in [0, 0.05) is 6.42 Å². The standard InChI is InChI=1S/C21H32O2/c1-4-23-15-9-11-21(3)14(12-15)7-8-16-17-6-5-10-20(17,2)13-18(22)19(16)21/h7,12,16-19,22H,4-6,8-11,13H2,1-3H3/t16-,17-,18-,19+,20-,21-/m0/s1. The summed E-state index contributed by atoms with van der Waals surface area (Å²) < 4.78 is 5.78. The second-order valence-corrected chi connectivity index (χ2v) is 8.97. The van der Waals surface area contributed by atoms with Gasteiger partial charge < -0.3 is 9.84 Å². The van der Waals surface area contributed by atoms with Gasteiger partial charge in [-0.15, -0.1) is 0 Å². The van der Waals surface area contributed by atoms with Crippen LogP contribution in [0.1, 0.15) is 65.7 Å². The highest BCUT2D eigenvalue weighted by atomic mass is 16.5. The summed E-state index contributed by atoms with van der Waals surface area (Å²) in [5, 5.41) is 11.1. The molecule has 0 aromatic rings. The highest BCUT2D eigenvalue weighted by Gasteiger charge is 2.58. The zero-order valence-electron chi connectivity index (χ0n) is 15.0. The van der Waals surface area contributed by atoms with Crippen molar-refractivity contribution in [2.45, 2.75) is 71.8 Å². The molecule has 2 nitrogen and oxygen atoms in total.